The molecule has 0 aliphatic carbocycles. The molecule has 0 bridgehead atoms. The van der Waals surface area contributed by atoms with Gasteiger partial charge in [-0.15, -0.1) is 0 Å². The first-order chi connectivity index (χ1) is 12.5. The Morgan fingerprint density at radius 1 is 1.31 bits per heavy atom. The number of fused-ring (bicyclic) bond motifs is 3. The maximum absolute atomic E-state index is 14.0. The predicted molar refractivity (Wildman–Crippen MR) is 96.6 cm³/mol. The van der Waals surface area contributed by atoms with Crippen LogP contribution in [-0.4, -0.2) is 39.6 Å². The van der Waals surface area contributed by atoms with E-state index in [1.54, 1.807) is 19.4 Å². The maximum Gasteiger partial charge on any atom is 0.337 e. The minimum Gasteiger partial charge on any atom is -0.465 e. The summed E-state index contributed by atoms with van der Waals surface area (Å²) in [5, 5.41) is 3.90. The summed E-state index contributed by atoms with van der Waals surface area (Å²) in [6.07, 6.45) is 1.72. The third-order valence-electron chi connectivity index (χ3n) is 4.30. The number of imidazole rings is 1. The number of carbonyl (C=O) groups is 1. The summed E-state index contributed by atoms with van der Waals surface area (Å²) in [6, 6.07) is 5.96. The second-order valence-electron chi connectivity index (χ2n) is 5.93. The molecule has 3 heterocycles. The average Bonchev–Trinajstić information content (AvgIpc) is 3.23. The number of aromatic amines is 1. The summed E-state index contributed by atoms with van der Waals surface area (Å²) in [5.74, 6) is -0.460. The molecular formula is C18H16FN5O2. The molecule has 0 amide bonds. The van der Waals surface area contributed by atoms with Gasteiger partial charge in [-0.3, -0.25) is 0 Å². The molecule has 0 unspecified atom stereocenters. The highest BCUT2D eigenvalue weighted by Crippen LogP contribution is 2.32. The van der Waals surface area contributed by atoms with Crippen LogP contribution in [0.5, 0.6) is 0 Å². The fourth-order valence-electron chi connectivity index (χ4n) is 3.11. The third kappa shape index (κ3) is 2.38. The van der Waals surface area contributed by atoms with Crippen LogP contribution in [0.2, 0.25) is 0 Å². The van der Waals surface area contributed by atoms with E-state index >= 15 is 0 Å². The van der Waals surface area contributed by atoms with Gasteiger partial charge < -0.3 is 19.6 Å². The quantitative estimate of drug-likeness (QED) is 0.553. The summed E-state index contributed by atoms with van der Waals surface area (Å²) < 4.78 is 20.6. The summed E-state index contributed by atoms with van der Waals surface area (Å²) in [4.78, 5) is 23.9. The number of rotatable bonds is 3. The van der Waals surface area contributed by atoms with Crippen molar-refractivity contribution in [3.05, 3.63) is 42.0 Å². The number of anilines is 1. The maximum atomic E-state index is 14.0. The van der Waals surface area contributed by atoms with Gasteiger partial charge in [-0.2, -0.15) is 0 Å². The van der Waals surface area contributed by atoms with Crippen LogP contribution in [0.3, 0.4) is 0 Å². The van der Waals surface area contributed by atoms with Crippen LogP contribution in [-0.2, 0) is 11.8 Å². The first kappa shape index (κ1) is 16.1. The molecule has 0 atom stereocenters. The molecule has 132 valence electrons. The molecule has 0 aliphatic rings. The second kappa shape index (κ2) is 5.83. The lowest BCUT2D eigenvalue weighted by atomic mass is 10.1. The number of pyridine rings is 1. The van der Waals surface area contributed by atoms with Gasteiger partial charge in [0.15, 0.2) is 5.82 Å². The van der Waals surface area contributed by atoms with Crippen molar-refractivity contribution in [2.24, 2.45) is 7.05 Å². The van der Waals surface area contributed by atoms with Gasteiger partial charge in [0.1, 0.15) is 17.0 Å². The molecule has 0 fully saturated rings. The van der Waals surface area contributed by atoms with Crippen molar-refractivity contribution in [2.75, 3.05) is 19.5 Å². The van der Waals surface area contributed by atoms with Crippen LogP contribution in [0.4, 0.5) is 10.2 Å². The fourth-order valence-corrected chi connectivity index (χ4v) is 3.11. The monoisotopic (exact) mass is 353 g/mol. The van der Waals surface area contributed by atoms with Gasteiger partial charge in [0.25, 0.3) is 0 Å². The fraction of sp³-hybridized carbons (Fsp3) is 0.167. The Morgan fingerprint density at radius 3 is 2.85 bits per heavy atom. The molecule has 3 aromatic heterocycles. The highest BCUT2D eigenvalue weighted by Gasteiger charge is 2.16. The molecule has 1 aromatic carbocycles. The van der Waals surface area contributed by atoms with E-state index in [9.17, 15) is 9.18 Å². The Hall–Kier alpha value is -3.42. The van der Waals surface area contributed by atoms with Gasteiger partial charge in [0, 0.05) is 30.7 Å². The minimum atomic E-state index is -0.591. The number of carbonyl (C=O) groups excluding carboxylic acids is 1. The Morgan fingerprint density at radius 2 is 2.12 bits per heavy atom. The Bertz CT molecular complexity index is 1160. The number of hydrogen-bond acceptors (Lipinski definition) is 5. The zero-order valence-corrected chi connectivity index (χ0v) is 14.4. The van der Waals surface area contributed by atoms with E-state index in [1.807, 2.05) is 17.7 Å². The summed E-state index contributed by atoms with van der Waals surface area (Å²) >= 11 is 0. The standard InChI is InChI=1S/C18H16FN5O2/c1-20-17-14-15(24(2)8-21-14)12-7-13(22-16(12)23-17)9-4-10(18(25)26-3)6-11(19)5-9/h4-8H,1-3H3,(H2,20,22,23). The van der Waals surface area contributed by atoms with E-state index in [0.717, 1.165) is 22.5 Å². The lowest BCUT2D eigenvalue weighted by Gasteiger charge is -2.03. The van der Waals surface area contributed by atoms with E-state index in [2.05, 4.69) is 25.0 Å². The molecule has 2 N–H and O–H groups in total. The molecular weight excluding hydrogens is 337 g/mol. The number of hydrogen-bond donors (Lipinski definition) is 2. The van der Waals surface area contributed by atoms with Gasteiger partial charge in [-0.05, 0) is 24.3 Å². The lowest BCUT2D eigenvalue weighted by Crippen LogP contribution is -2.02. The number of aryl methyl sites for hydroxylation is 1. The number of nitrogens with one attached hydrogen (secondary N) is 2. The van der Waals surface area contributed by atoms with E-state index in [4.69, 9.17) is 0 Å². The van der Waals surface area contributed by atoms with E-state index in [0.29, 0.717) is 22.7 Å². The number of H-pyrrole nitrogens is 1. The highest BCUT2D eigenvalue weighted by atomic mass is 19.1. The van der Waals surface area contributed by atoms with Crippen molar-refractivity contribution in [2.45, 2.75) is 0 Å². The Kier molecular flexibility index (Phi) is 3.61. The van der Waals surface area contributed by atoms with Gasteiger partial charge in [0.2, 0.25) is 0 Å². The molecule has 0 spiro atoms. The van der Waals surface area contributed by atoms with Gasteiger partial charge in [-0.25, -0.2) is 19.2 Å². The second-order valence-corrected chi connectivity index (χ2v) is 5.93. The van der Waals surface area contributed by atoms with E-state index in [-0.39, 0.29) is 5.56 Å². The predicted octanol–water partition coefficient (Wildman–Crippen LogP) is 3.08. The highest BCUT2D eigenvalue weighted by molar-refractivity contribution is 6.07. The number of aromatic nitrogens is 4. The van der Waals surface area contributed by atoms with Crippen LogP contribution in [0.15, 0.2) is 30.6 Å². The Labute approximate surface area is 147 Å². The van der Waals surface area contributed by atoms with Crippen molar-refractivity contribution in [3.63, 3.8) is 0 Å². The number of esters is 1. The molecule has 8 heteroatoms. The van der Waals surface area contributed by atoms with Crippen molar-refractivity contribution >= 4 is 33.9 Å². The molecule has 0 saturated heterocycles. The van der Waals surface area contributed by atoms with Crippen LogP contribution in [0, 0.1) is 5.82 Å². The van der Waals surface area contributed by atoms with Crippen molar-refractivity contribution in [1.82, 2.24) is 19.5 Å². The van der Waals surface area contributed by atoms with Gasteiger partial charge in [-0.1, -0.05) is 0 Å². The molecule has 4 aromatic rings. The first-order valence-corrected chi connectivity index (χ1v) is 7.92. The zero-order valence-electron chi connectivity index (χ0n) is 14.4. The van der Waals surface area contributed by atoms with E-state index < -0.39 is 11.8 Å². The molecule has 0 radical (unpaired) electrons. The summed E-state index contributed by atoms with van der Waals surface area (Å²) in [6.45, 7) is 0. The van der Waals surface area contributed by atoms with E-state index in [1.165, 1.54) is 13.2 Å². The number of methoxy groups -OCH3 is 1. The van der Waals surface area contributed by atoms with Gasteiger partial charge in [0.05, 0.1) is 24.5 Å². The van der Waals surface area contributed by atoms with Crippen LogP contribution in [0.1, 0.15) is 10.4 Å². The molecule has 26 heavy (non-hydrogen) atoms. The number of halogens is 1. The van der Waals surface area contributed by atoms with Crippen LogP contribution in [0.25, 0.3) is 33.3 Å². The molecule has 4 rings (SSSR count). The molecule has 7 nitrogen and oxygen atoms in total. The van der Waals surface area contributed by atoms with Crippen molar-refractivity contribution < 1.29 is 13.9 Å². The average molecular weight is 353 g/mol. The van der Waals surface area contributed by atoms with Crippen molar-refractivity contribution in [3.8, 4) is 11.3 Å². The van der Waals surface area contributed by atoms with Gasteiger partial charge >= 0.3 is 5.97 Å². The van der Waals surface area contributed by atoms with Crippen LogP contribution < -0.4 is 5.32 Å². The summed E-state index contributed by atoms with van der Waals surface area (Å²) in [7, 11) is 4.94. The molecule has 0 saturated carbocycles. The van der Waals surface area contributed by atoms with Crippen LogP contribution >= 0.6 is 0 Å². The topological polar surface area (TPSA) is 84.8 Å². The number of ether oxygens (including phenoxy) is 1. The SMILES string of the molecule is CNc1nc2[nH]c(-c3cc(F)cc(C(=O)OC)c3)cc2c2c1ncn2C. The molecule has 0 aliphatic heterocycles. The third-order valence-corrected chi connectivity index (χ3v) is 4.30. The minimum absolute atomic E-state index is 0.149. The smallest absolute Gasteiger partial charge is 0.337 e. The lowest BCUT2D eigenvalue weighted by molar-refractivity contribution is 0.0600. The first-order valence-electron chi connectivity index (χ1n) is 7.92. The largest absolute Gasteiger partial charge is 0.465 e. The normalized spacial score (nSPS) is 11.2. The Balaban J connectivity index is 1.96. The number of nitrogens with zero attached hydrogens (tertiary/aromatic N) is 3. The van der Waals surface area contributed by atoms with Crippen molar-refractivity contribution in [1.29, 1.82) is 0 Å². The zero-order chi connectivity index (χ0) is 18.4. The summed E-state index contributed by atoms with van der Waals surface area (Å²) in [5.41, 5.74) is 3.63. The number of benzene rings is 1.